The van der Waals surface area contributed by atoms with E-state index < -0.39 is 0 Å². The number of para-hydroxylation sites is 3. The monoisotopic (exact) mass is 616 g/mol. The highest BCUT2D eigenvalue weighted by molar-refractivity contribution is 6.19. The van der Waals surface area contributed by atoms with Gasteiger partial charge in [-0.25, -0.2) is 9.97 Å². The molecular formula is C42H28N6. The molecule has 4 heterocycles. The molecular weight excluding hydrogens is 589 g/mol. The summed E-state index contributed by atoms with van der Waals surface area (Å²) in [5.41, 5.74) is 10.0. The number of aryl methyl sites for hydroxylation is 1. The fourth-order valence-corrected chi connectivity index (χ4v) is 7.31. The van der Waals surface area contributed by atoms with Crippen LogP contribution >= 0.6 is 0 Å². The summed E-state index contributed by atoms with van der Waals surface area (Å²) in [6.45, 7) is 0. The number of nitrogens with zero attached hydrogens (tertiary/aromatic N) is 6. The van der Waals surface area contributed by atoms with Crippen molar-refractivity contribution in [1.82, 2.24) is 28.7 Å². The Morgan fingerprint density at radius 1 is 0.438 bits per heavy atom. The number of aromatic nitrogens is 6. The van der Waals surface area contributed by atoms with E-state index in [9.17, 15) is 0 Å². The van der Waals surface area contributed by atoms with Crippen molar-refractivity contribution in [1.29, 1.82) is 0 Å². The summed E-state index contributed by atoms with van der Waals surface area (Å²) in [6, 6.07) is 53.0. The van der Waals surface area contributed by atoms with Crippen LogP contribution in [0.2, 0.25) is 0 Å². The van der Waals surface area contributed by atoms with E-state index in [2.05, 4.69) is 124 Å². The molecule has 0 unspecified atom stereocenters. The van der Waals surface area contributed by atoms with Gasteiger partial charge in [0.1, 0.15) is 11.2 Å². The largest absolute Gasteiger partial charge is 0.309 e. The van der Waals surface area contributed by atoms with Crippen LogP contribution in [-0.2, 0) is 7.05 Å². The summed E-state index contributed by atoms with van der Waals surface area (Å²) in [7, 11) is 2.07. The Morgan fingerprint density at radius 3 is 1.65 bits per heavy atom. The number of imidazole rings is 1. The maximum Gasteiger partial charge on any atom is 0.217 e. The van der Waals surface area contributed by atoms with Gasteiger partial charge in [0.25, 0.3) is 0 Å². The molecule has 0 N–H and O–H groups in total. The van der Waals surface area contributed by atoms with E-state index in [4.69, 9.17) is 15.0 Å². The highest BCUT2D eigenvalue weighted by atomic mass is 15.3. The Balaban J connectivity index is 1.32. The van der Waals surface area contributed by atoms with Crippen molar-refractivity contribution in [3.05, 3.63) is 152 Å². The third-order valence-corrected chi connectivity index (χ3v) is 9.47. The third-order valence-electron chi connectivity index (χ3n) is 9.47. The quantitative estimate of drug-likeness (QED) is 0.198. The predicted octanol–water partition coefficient (Wildman–Crippen LogP) is 9.89. The Hall–Kier alpha value is -6.53. The van der Waals surface area contributed by atoms with Crippen molar-refractivity contribution in [2.75, 3.05) is 0 Å². The molecule has 10 aromatic rings. The highest BCUT2D eigenvalue weighted by Crippen LogP contribution is 2.40. The lowest BCUT2D eigenvalue weighted by atomic mass is 10.1. The molecule has 0 aliphatic carbocycles. The van der Waals surface area contributed by atoms with Gasteiger partial charge < -0.3 is 9.13 Å². The van der Waals surface area contributed by atoms with Gasteiger partial charge in [-0.15, -0.1) is 0 Å². The summed E-state index contributed by atoms with van der Waals surface area (Å²) in [5, 5.41) is 4.81. The van der Waals surface area contributed by atoms with Crippen LogP contribution in [0.25, 0.3) is 89.1 Å². The second kappa shape index (κ2) is 10.2. The summed E-state index contributed by atoms with van der Waals surface area (Å²) < 4.78 is 6.80. The number of benzene rings is 6. The van der Waals surface area contributed by atoms with Crippen LogP contribution in [-0.4, -0.2) is 28.7 Å². The van der Waals surface area contributed by atoms with Crippen LogP contribution in [0, 0.1) is 0 Å². The molecule has 0 spiro atoms. The fraction of sp³-hybridized carbons (Fsp3) is 0.0238. The summed E-state index contributed by atoms with van der Waals surface area (Å²) >= 11 is 0. The van der Waals surface area contributed by atoms with Crippen LogP contribution in [0.4, 0.5) is 0 Å². The average molecular weight is 617 g/mol. The van der Waals surface area contributed by atoms with Gasteiger partial charge in [0.2, 0.25) is 5.95 Å². The SMILES string of the molecule is Cn1c(-n2c3ccccc3c3cc4c5ccccc5n(-c5ccccc5)c4cc32)nc2nc(-c3ccccc3)nc(-c3ccccc3)c21. The number of hydrogen-bond acceptors (Lipinski definition) is 3. The smallest absolute Gasteiger partial charge is 0.217 e. The van der Waals surface area contributed by atoms with Gasteiger partial charge in [0, 0.05) is 45.4 Å². The van der Waals surface area contributed by atoms with Crippen molar-refractivity contribution in [3.63, 3.8) is 0 Å². The molecule has 4 aromatic heterocycles. The standard InChI is InChI=1S/C42H28N6/c1-46-39-38(27-15-5-2-6-16-27)43-40(28-17-7-3-8-18-28)44-41(39)45-42(46)48-35-24-14-12-22-31(35)33-25-32-30-21-11-13-23-34(30)47(36(32)26-37(33)48)29-19-9-4-10-20-29/h2-26H,1H3. The van der Waals surface area contributed by atoms with Gasteiger partial charge in [0.05, 0.1) is 22.1 Å². The first-order chi connectivity index (χ1) is 23.7. The van der Waals surface area contributed by atoms with Crippen LogP contribution in [0.15, 0.2) is 152 Å². The van der Waals surface area contributed by atoms with E-state index >= 15 is 0 Å². The van der Waals surface area contributed by atoms with Crippen molar-refractivity contribution < 1.29 is 0 Å². The van der Waals surface area contributed by atoms with E-state index in [0.29, 0.717) is 11.5 Å². The van der Waals surface area contributed by atoms with Gasteiger partial charge in [-0.1, -0.05) is 115 Å². The van der Waals surface area contributed by atoms with Gasteiger partial charge in [-0.3, -0.25) is 4.57 Å². The lowest BCUT2D eigenvalue weighted by Gasteiger charge is -2.11. The Kier molecular flexibility index (Phi) is 5.69. The zero-order valence-electron chi connectivity index (χ0n) is 26.1. The van der Waals surface area contributed by atoms with Crippen molar-refractivity contribution in [3.8, 4) is 34.3 Å². The molecule has 0 aliphatic rings. The molecule has 0 fully saturated rings. The molecule has 0 atom stereocenters. The Bertz CT molecular complexity index is 2830. The van der Waals surface area contributed by atoms with Crippen LogP contribution < -0.4 is 0 Å². The van der Waals surface area contributed by atoms with Crippen molar-refractivity contribution in [2.24, 2.45) is 7.05 Å². The molecule has 6 aromatic carbocycles. The normalized spacial score (nSPS) is 11.9. The molecule has 6 nitrogen and oxygen atoms in total. The van der Waals surface area contributed by atoms with Crippen molar-refractivity contribution >= 4 is 54.8 Å². The van der Waals surface area contributed by atoms with Gasteiger partial charge in [-0.05, 0) is 36.4 Å². The third kappa shape index (κ3) is 3.83. The first-order valence-electron chi connectivity index (χ1n) is 16.1. The minimum absolute atomic E-state index is 0.655. The van der Waals surface area contributed by atoms with Crippen molar-refractivity contribution in [2.45, 2.75) is 0 Å². The van der Waals surface area contributed by atoms with Crippen LogP contribution in [0.5, 0.6) is 0 Å². The van der Waals surface area contributed by atoms with Gasteiger partial charge in [0.15, 0.2) is 11.5 Å². The Morgan fingerprint density at radius 2 is 0.979 bits per heavy atom. The molecule has 0 radical (unpaired) electrons. The van der Waals surface area contributed by atoms with E-state index in [1.807, 2.05) is 48.5 Å². The zero-order chi connectivity index (χ0) is 31.8. The summed E-state index contributed by atoms with van der Waals surface area (Å²) in [6.07, 6.45) is 0. The average Bonchev–Trinajstić information content (AvgIpc) is 3.77. The zero-order valence-corrected chi connectivity index (χ0v) is 26.1. The van der Waals surface area contributed by atoms with E-state index in [0.717, 1.165) is 50.5 Å². The molecule has 6 heteroatoms. The first kappa shape index (κ1) is 26.7. The van der Waals surface area contributed by atoms with E-state index in [-0.39, 0.29) is 0 Å². The van der Waals surface area contributed by atoms with Crippen LogP contribution in [0.3, 0.4) is 0 Å². The highest BCUT2D eigenvalue weighted by Gasteiger charge is 2.23. The molecule has 0 saturated carbocycles. The first-order valence-corrected chi connectivity index (χ1v) is 16.1. The second-order valence-electron chi connectivity index (χ2n) is 12.2. The molecule has 0 bridgehead atoms. The number of rotatable bonds is 4. The number of fused-ring (bicyclic) bond motifs is 7. The Labute approximate surface area is 275 Å². The fourth-order valence-electron chi connectivity index (χ4n) is 7.31. The van der Waals surface area contributed by atoms with E-state index in [1.165, 1.54) is 27.1 Å². The van der Waals surface area contributed by atoms with E-state index in [1.54, 1.807) is 0 Å². The predicted molar refractivity (Wildman–Crippen MR) is 196 cm³/mol. The molecule has 0 amide bonds. The molecule has 0 saturated heterocycles. The minimum atomic E-state index is 0.655. The summed E-state index contributed by atoms with van der Waals surface area (Å²) in [5.74, 6) is 1.44. The maximum absolute atomic E-state index is 5.30. The lowest BCUT2D eigenvalue weighted by molar-refractivity contribution is 0.869. The molecule has 48 heavy (non-hydrogen) atoms. The van der Waals surface area contributed by atoms with Gasteiger partial charge >= 0.3 is 0 Å². The van der Waals surface area contributed by atoms with Crippen LogP contribution in [0.1, 0.15) is 0 Å². The second-order valence-corrected chi connectivity index (χ2v) is 12.2. The van der Waals surface area contributed by atoms with Gasteiger partial charge in [-0.2, -0.15) is 4.98 Å². The lowest BCUT2D eigenvalue weighted by Crippen LogP contribution is -2.04. The number of hydrogen-bond donors (Lipinski definition) is 0. The molecule has 226 valence electrons. The topological polar surface area (TPSA) is 53.5 Å². The molecule has 10 rings (SSSR count). The maximum atomic E-state index is 5.30. The summed E-state index contributed by atoms with van der Waals surface area (Å²) in [4.78, 5) is 15.5. The minimum Gasteiger partial charge on any atom is -0.309 e. The molecule has 0 aliphatic heterocycles.